The molecule has 0 bridgehead atoms. The summed E-state index contributed by atoms with van der Waals surface area (Å²) in [5, 5.41) is 9.77. The molecule has 2 aromatic carbocycles. The lowest BCUT2D eigenvalue weighted by atomic mass is 10.0. The first-order valence-corrected chi connectivity index (χ1v) is 5.28. The molecule has 0 saturated heterocycles. The van der Waals surface area contributed by atoms with Gasteiger partial charge in [-0.1, -0.05) is 30.3 Å². The third-order valence-electron chi connectivity index (χ3n) is 2.82. The van der Waals surface area contributed by atoms with Crippen molar-refractivity contribution in [3.8, 4) is 5.75 Å². The fraction of sp³-hybridized carbons (Fsp3) is 0.0714. The first-order chi connectivity index (χ1) is 7.84. The number of hydrogen-bond acceptors (Lipinski definition) is 2. The minimum atomic E-state index is 0.300. The highest BCUT2D eigenvalue weighted by Gasteiger charge is 2.17. The lowest BCUT2D eigenvalue weighted by Gasteiger charge is -2.02. The Balaban J connectivity index is 2.05. The summed E-state index contributed by atoms with van der Waals surface area (Å²) in [4.78, 5) is 4.54. The number of phenolic OH excluding ortho intramolecular Hbond substituents is 1. The Kier molecular flexibility index (Phi) is 2.00. The van der Waals surface area contributed by atoms with Gasteiger partial charge in [-0.15, -0.1) is 0 Å². The molecule has 0 fully saturated rings. The van der Waals surface area contributed by atoms with Gasteiger partial charge in [0, 0.05) is 12.0 Å². The molecular weight excluding hydrogens is 198 g/mol. The van der Waals surface area contributed by atoms with E-state index in [-0.39, 0.29) is 0 Å². The molecule has 0 amide bonds. The van der Waals surface area contributed by atoms with Crippen molar-refractivity contribution in [3.63, 3.8) is 0 Å². The molecule has 78 valence electrons. The average Bonchev–Trinajstić information content (AvgIpc) is 2.73. The number of aliphatic imine (C=N–C) groups is 1. The van der Waals surface area contributed by atoms with E-state index < -0.39 is 0 Å². The topological polar surface area (TPSA) is 32.6 Å². The van der Waals surface area contributed by atoms with Crippen molar-refractivity contribution in [3.05, 3.63) is 59.7 Å². The zero-order valence-electron chi connectivity index (χ0n) is 8.72. The van der Waals surface area contributed by atoms with Crippen LogP contribution in [0.5, 0.6) is 5.75 Å². The molecular formula is C14H11NO. The second-order valence-corrected chi connectivity index (χ2v) is 3.88. The zero-order valence-corrected chi connectivity index (χ0v) is 8.72. The van der Waals surface area contributed by atoms with Crippen LogP contribution in [0.2, 0.25) is 0 Å². The van der Waals surface area contributed by atoms with Gasteiger partial charge in [0.2, 0.25) is 0 Å². The summed E-state index contributed by atoms with van der Waals surface area (Å²) in [6, 6.07) is 15.4. The van der Waals surface area contributed by atoms with E-state index in [1.54, 1.807) is 6.07 Å². The van der Waals surface area contributed by atoms with Gasteiger partial charge in [-0.3, -0.25) is 4.99 Å². The van der Waals surface area contributed by atoms with E-state index in [0.717, 1.165) is 23.4 Å². The molecule has 2 aromatic rings. The molecule has 1 aliphatic heterocycles. The van der Waals surface area contributed by atoms with Gasteiger partial charge in [-0.2, -0.15) is 0 Å². The zero-order chi connectivity index (χ0) is 11.0. The van der Waals surface area contributed by atoms with Crippen molar-refractivity contribution in [1.29, 1.82) is 0 Å². The molecule has 16 heavy (non-hydrogen) atoms. The van der Waals surface area contributed by atoms with Crippen LogP contribution in [-0.2, 0) is 6.42 Å². The Hall–Kier alpha value is -2.09. The maximum absolute atomic E-state index is 9.77. The van der Waals surface area contributed by atoms with Gasteiger partial charge in [0.25, 0.3) is 0 Å². The Morgan fingerprint density at radius 2 is 1.69 bits per heavy atom. The summed E-state index contributed by atoms with van der Waals surface area (Å²) < 4.78 is 0. The van der Waals surface area contributed by atoms with E-state index in [9.17, 15) is 5.11 Å². The fourth-order valence-corrected chi connectivity index (χ4v) is 2.01. The van der Waals surface area contributed by atoms with Crippen LogP contribution in [0, 0.1) is 0 Å². The highest BCUT2D eigenvalue weighted by atomic mass is 16.3. The van der Waals surface area contributed by atoms with E-state index in [0.29, 0.717) is 5.75 Å². The number of benzene rings is 2. The summed E-state index contributed by atoms with van der Waals surface area (Å²) >= 11 is 0. The molecule has 0 atom stereocenters. The van der Waals surface area contributed by atoms with E-state index in [1.165, 1.54) is 5.56 Å². The van der Waals surface area contributed by atoms with Gasteiger partial charge in [-0.25, -0.2) is 0 Å². The summed E-state index contributed by atoms with van der Waals surface area (Å²) in [6.45, 7) is 0. The molecule has 1 N–H and O–H groups in total. The van der Waals surface area contributed by atoms with E-state index in [1.807, 2.05) is 36.4 Å². The number of para-hydroxylation sites is 2. The Morgan fingerprint density at radius 1 is 0.938 bits per heavy atom. The normalized spacial score (nSPS) is 13.4. The van der Waals surface area contributed by atoms with Crippen molar-refractivity contribution >= 4 is 11.4 Å². The molecule has 2 nitrogen and oxygen atoms in total. The van der Waals surface area contributed by atoms with Gasteiger partial charge in [-0.05, 0) is 23.8 Å². The van der Waals surface area contributed by atoms with Crippen LogP contribution in [0.3, 0.4) is 0 Å². The van der Waals surface area contributed by atoms with Crippen LogP contribution >= 0.6 is 0 Å². The number of nitrogens with zero attached hydrogens (tertiary/aromatic N) is 1. The number of rotatable bonds is 1. The van der Waals surface area contributed by atoms with Crippen LogP contribution in [0.15, 0.2) is 53.5 Å². The van der Waals surface area contributed by atoms with Crippen molar-refractivity contribution in [1.82, 2.24) is 0 Å². The molecule has 2 heteroatoms. The largest absolute Gasteiger partial charge is 0.507 e. The second kappa shape index (κ2) is 3.49. The van der Waals surface area contributed by atoms with E-state index in [4.69, 9.17) is 0 Å². The fourth-order valence-electron chi connectivity index (χ4n) is 2.01. The minimum absolute atomic E-state index is 0.300. The summed E-state index contributed by atoms with van der Waals surface area (Å²) in [7, 11) is 0. The van der Waals surface area contributed by atoms with E-state index in [2.05, 4.69) is 11.1 Å². The lowest BCUT2D eigenvalue weighted by molar-refractivity contribution is 0.474. The van der Waals surface area contributed by atoms with E-state index >= 15 is 0 Å². The average molecular weight is 209 g/mol. The van der Waals surface area contributed by atoms with Crippen LogP contribution in [0.25, 0.3) is 0 Å². The SMILES string of the molecule is Oc1ccccc1C1=Nc2ccccc2C1. The maximum Gasteiger partial charge on any atom is 0.124 e. The molecule has 1 aliphatic rings. The maximum atomic E-state index is 9.77. The Bertz CT molecular complexity index is 572. The van der Waals surface area contributed by atoms with Crippen LogP contribution in [0.1, 0.15) is 11.1 Å². The molecule has 0 aliphatic carbocycles. The number of phenols is 1. The number of aromatic hydroxyl groups is 1. The Labute approximate surface area is 93.9 Å². The lowest BCUT2D eigenvalue weighted by Crippen LogP contribution is -2.00. The first kappa shape index (κ1) is 9.16. The summed E-state index contributed by atoms with van der Waals surface area (Å²) in [6.07, 6.45) is 0.799. The molecule has 0 aromatic heterocycles. The Morgan fingerprint density at radius 3 is 2.50 bits per heavy atom. The van der Waals surface area contributed by atoms with Crippen molar-refractivity contribution in [2.75, 3.05) is 0 Å². The molecule has 0 saturated carbocycles. The number of fused-ring (bicyclic) bond motifs is 1. The molecule has 1 heterocycles. The third kappa shape index (κ3) is 1.39. The van der Waals surface area contributed by atoms with Gasteiger partial charge >= 0.3 is 0 Å². The van der Waals surface area contributed by atoms with Crippen LogP contribution in [-0.4, -0.2) is 10.8 Å². The third-order valence-corrected chi connectivity index (χ3v) is 2.82. The monoisotopic (exact) mass is 209 g/mol. The quantitative estimate of drug-likeness (QED) is 0.769. The predicted octanol–water partition coefficient (Wildman–Crippen LogP) is 3.07. The second-order valence-electron chi connectivity index (χ2n) is 3.88. The van der Waals surface area contributed by atoms with Crippen LogP contribution < -0.4 is 0 Å². The minimum Gasteiger partial charge on any atom is -0.507 e. The van der Waals surface area contributed by atoms with Gasteiger partial charge in [0.15, 0.2) is 0 Å². The first-order valence-electron chi connectivity index (χ1n) is 5.28. The van der Waals surface area contributed by atoms with Gasteiger partial charge < -0.3 is 5.11 Å². The summed E-state index contributed by atoms with van der Waals surface area (Å²) in [5.74, 6) is 0.300. The van der Waals surface area contributed by atoms with Gasteiger partial charge in [0.05, 0.1) is 11.4 Å². The van der Waals surface area contributed by atoms with Crippen molar-refractivity contribution in [2.45, 2.75) is 6.42 Å². The highest BCUT2D eigenvalue weighted by Crippen LogP contribution is 2.30. The van der Waals surface area contributed by atoms with Crippen LogP contribution in [0.4, 0.5) is 5.69 Å². The van der Waals surface area contributed by atoms with Crippen molar-refractivity contribution < 1.29 is 5.11 Å². The number of hydrogen-bond donors (Lipinski definition) is 1. The standard InChI is InChI=1S/C14H11NO/c16-14-8-4-2-6-11(14)13-9-10-5-1-3-7-12(10)15-13/h1-8,16H,9H2. The van der Waals surface area contributed by atoms with Gasteiger partial charge in [0.1, 0.15) is 5.75 Å². The molecule has 0 spiro atoms. The molecule has 3 rings (SSSR count). The highest BCUT2D eigenvalue weighted by molar-refractivity contribution is 6.08. The summed E-state index contributed by atoms with van der Waals surface area (Å²) in [5.41, 5.74) is 4.01. The predicted molar refractivity (Wildman–Crippen MR) is 64.4 cm³/mol. The molecule has 0 radical (unpaired) electrons. The van der Waals surface area contributed by atoms with Crippen molar-refractivity contribution in [2.24, 2.45) is 4.99 Å². The molecule has 0 unspecified atom stereocenters. The smallest absolute Gasteiger partial charge is 0.124 e.